The lowest BCUT2D eigenvalue weighted by Gasteiger charge is -2.26. The van der Waals surface area contributed by atoms with E-state index in [-0.39, 0.29) is 17.7 Å². The number of piperidine rings is 1. The Morgan fingerprint density at radius 1 is 1.10 bits per heavy atom. The number of carbonyl (C=O) groups excluding carboxylic acids is 2. The van der Waals surface area contributed by atoms with Crippen molar-refractivity contribution in [2.75, 3.05) is 31.9 Å². The maximum Gasteiger partial charge on any atom is 0.324 e. The second-order valence-corrected chi connectivity index (χ2v) is 8.49. The van der Waals surface area contributed by atoms with Crippen LogP contribution in [0, 0.1) is 0 Å². The third-order valence-corrected chi connectivity index (χ3v) is 6.25. The number of imide groups is 1. The third kappa shape index (κ3) is 4.73. The molecule has 3 heterocycles. The van der Waals surface area contributed by atoms with Crippen LogP contribution in [-0.2, 0) is 11.3 Å². The number of amides is 3. The number of benzene rings is 1. The number of nitrogens with zero attached hydrogens (tertiary/aromatic N) is 5. The molecule has 2 aliphatic heterocycles. The van der Waals surface area contributed by atoms with Crippen molar-refractivity contribution in [2.24, 2.45) is 0 Å². The van der Waals surface area contributed by atoms with Crippen molar-refractivity contribution in [3.63, 3.8) is 0 Å². The first-order valence-corrected chi connectivity index (χ1v) is 11.1. The molecule has 0 spiro atoms. The van der Waals surface area contributed by atoms with Gasteiger partial charge in [0.2, 0.25) is 5.91 Å². The molecule has 2 fully saturated rings. The summed E-state index contributed by atoms with van der Waals surface area (Å²) in [5.41, 5.74) is 0.903. The van der Waals surface area contributed by atoms with Crippen molar-refractivity contribution < 1.29 is 9.59 Å². The van der Waals surface area contributed by atoms with Gasteiger partial charge in [0.05, 0.1) is 12.3 Å². The predicted octanol–water partition coefficient (Wildman–Crippen LogP) is 2.55. The first-order valence-electron chi connectivity index (χ1n) is 9.75. The number of aromatic nitrogens is 3. The first-order chi connectivity index (χ1) is 14.1. The van der Waals surface area contributed by atoms with Gasteiger partial charge in [-0.25, -0.2) is 4.79 Å². The van der Waals surface area contributed by atoms with E-state index in [1.807, 2.05) is 28.8 Å². The van der Waals surface area contributed by atoms with Crippen molar-refractivity contribution in [1.29, 1.82) is 0 Å². The standard InChI is InChI=1S/C19H23ClN6O2S/c20-14-4-6-15(7-5-14)26-16(12-24-9-2-1-3-10-24)22-23-19(26)29-13-17(27)25-11-8-21-18(25)28/h4-7H,1-3,8-13H2,(H,21,28). The molecule has 0 aliphatic carbocycles. The predicted molar refractivity (Wildman–Crippen MR) is 111 cm³/mol. The van der Waals surface area contributed by atoms with Crippen LogP contribution in [0.5, 0.6) is 0 Å². The van der Waals surface area contributed by atoms with Gasteiger partial charge in [-0.15, -0.1) is 10.2 Å². The van der Waals surface area contributed by atoms with Crippen LogP contribution in [-0.4, -0.2) is 68.4 Å². The summed E-state index contributed by atoms with van der Waals surface area (Å²) in [7, 11) is 0. The normalized spacial score (nSPS) is 17.6. The molecule has 0 radical (unpaired) electrons. The zero-order valence-corrected chi connectivity index (χ0v) is 17.6. The topological polar surface area (TPSA) is 83.4 Å². The van der Waals surface area contributed by atoms with Crippen molar-refractivity contribution in [3.05, 3.63) is 35.1 Å². The molecule has 1 N–H and O–H groups in total. The molecule has 0 bridgehead atoms. The molecule has 0 unspecified atom stereocenters. The van der Waals surface area contributed by atoms with Crippen LogP contribution in [0.15, 0.2) is 29.4 Å². The van der Waals surface area contributed by atoms with Gasteiger partial charge >= 0.3 is 6.03 Å². The summed E-state index contributed by atoms with van der Waals surface area (Å²) in [5.74, 6) is 0.736. The molecule has 2 aliphatic rings. The summed E-state index contributed by atoms with van der Waals surface area (Å²) in [5, 5.41) is 12.7. The second kappa shape index (κ2) is 9.15. The number of rotatable bonds is 6. The van der Waals surface area contributed by atoms with Gasteiger partial charge in [-0.1, -0.05) is 29.8 Å². The molecular formula is C19H23ClN6O2S. The van der Waals surface area contributed by atoms with Crippen LogP contribution < -0.4 is 5.32 Å². The Hall–Kier alpha value is -2.10. The fourth-order valence-electron chi connectivity index (χ4n) is 3.58. The molecule has 0 saturated carbocycles. The third-order valence-electron chi connectivity index (χ3n) is 5.08. The Morgan fingerprint density at radius 3 is 2.55 bits per heavy atom. The quantitative estimate of drug-likeness (QED) is 0.703. The summed E-state index contributed by atoms with van der Waals surface area (Å²) in [4.78, 5) is 27.7. The van der Waals surface area contributed by atoms with E-state index in [0.29, 0.717) is 29.8 Å². The smallest absolute Gasteiger partial charge is 0.324 e. The molecule has 4 rings (SSSR count). The highest BCUT2D eigenvalue weighted by atomic mass is 35.5. The van der Waals surface area contributed by atoms with Gasteiger partial charge in [-0.3, -0.25) is 19.2 Å². The zero-order valence-electron chi connectivity index (χ0n) is 16.0. The van der Waals surface area contributed by atoms with Crippen LogP contribution in [0.25, 0.3) is 5.69 Å². The Bertz CT molecular complexity index is 881. The van der Waals surface area contributed by atoms with Gasteiger partial charge in [0.15, 0.2) is 11.0 Å². The summed E-state index contributed by atoms with van der Waals surface area (Å²) in [6.45, 7) is 3.72. The van der Waals surface area contributed by atoms with Crippen LogP contribution in [0.2, 0.25) is 5.02 Å². The van der Waals surface area contributed by atoms with Crippen molar-refractivity contribution in [2.45, 2.75) is 31.0 Å². The first kappa shape index (κ1) is 20.2. The van der Waals surface area contributed by atoms with E-state index in [2.05, 4.69) is 20.4 Å². The Morgan fingerprint density at radius 2 is 1.86 bits per heavy atom. The highest BCUT2D eigenvalue weighted by Gasteiger charge is 2.27. The number of carbonyl (C=O) groups is 2. The molecule has 1 aromatic carbocycles. The molecule has 0 atom stereocenters. The lowest BCUT2D eigenvalue weighted by atomic mass is 10.1. The molecular weight excluding hydrogens is 412 g/mol. The van der Waals surface area contributed by atoms with Crippen molar-refractivity contribution >= 4 is 35.3 Å². The molecule has 1 aromatic heterocycles. The van der Waals surface area contributed by atoms with Gasteiger partial charge in [0.25, 0.3) is 0 Å². The minimum absolute atomic E-state index is 0.128. The summed E-state index contributed by atoms with van der Waals surface area (Å²) < 4.78 is 1.98. The molecule has 29 heavy (non-hydrogen) atoms. The number of nitrogens with one attached hydrogen (secondary N) is 1. The Kier molecular flexibility index (Phi) is 6.37. The van der Waals surface area contributed by atoms with E-state index in [9.17, 15) is 9.59 Å². The van der Waals surface area contributed by atoms with E-state index >= 15 is 0 Å². The van der Waals surface area contributed by atoms with E-state index in [1.54, 1.807) is 0 Å². The number of halogens is 1. The van der Waals surface area contributed by atoms with Crippen molar-refractivity contribution in [1.82, 2.24) is 29.9 Å². The fraction of sp³-hybridized carbons (Fsp3) is 0.474. The Balaban J connectivity index is 1.54. The largest absolute Gasteiger partial charge is 0.336 e. The van der Waals surface area contributed by atoms with Gasteiger partial charge in [-0.2, -0.15) is 0 Å². The van der Waals surface area contributed by atoms with Crippen LogP contribution in [0.4, 0.5) is 4.79 Å². The summed E-state index contributed by atoms with van der Waals surface area (Å²) in [6.07, 6.45) is 3.67. The van der Waals surface area contributed by atoms with E-state index in [0.717, 1.165) is 24.6 Å². The lowest BCUT2D eigenvalue weighted by molar-refractivity contribution is -0.124. The highest BCUT2D eigenvalue weighted by molar-refractivity contribution is 7.99. The minimum atomic E-state index is -0.333. The average Bonchev–Trinajstić information content (AvgIpc) is 3.34. The number of likely N-dealkylation sites (tertiary alicyclic amines) is 1. The monoisotopic (exact) mass is 434 g/mol. The van der Waals surface area contributed by atoms with Gasteiger partial charge in [0, 0.05) is 23.8 Å². The SMILES string of the molecule is O=C(CSc1nnc(CN2CCCCC2)n1-c1ccc(Cl)cc1)N1CCNC1=O. The minimum Gasteiger partial charge on any atom is -0.336 e. The van der Waals surface area contributed by atoms with E-state index < -0.39 is 0 Å². The molecule has 3 amide bonds. The van der Waals surface area contributed by atoms with E-state index in [1.165, 1.54) is 35.9 Å². The second-order valence-electron chi connectivity index (χ2n) is 7.11. The molecule has 8 nitrogen and oxygen atoms in total. The average molecular weight is 435 g/mol. The number of urea groups is 1. The fourth-order valence-corrected chi connectivity index (χ4v) is 4.55. The van der Waals surface area contributed by atoms with Gasteiger partial charge < -0.3 is 5.32 Å². The summed E-state index contributed by atoms with van der Waals surface area (Å²) in [6, 6.07) is 7.17. The maximum absolute atomic E-state index is 12.4. The molecule has 154 valence electrons. The van der Waals surface area contributed by atoms with Crippen LogP contribution in [0.1, 0.15) is 25.1 Å². The van der Waals surface area contributed by atoms with Crippen molar-refractivity contribution in [3.8, 4) is 5.69 Å². The van der Waals surface area contributed by atoms with Gasteiger partial charge in [0.1, 0.15) is 0 Å². The number of thioether (sulfide) groups is 1. The highest BCUT2D eigenvalue weighted by Crippen LogP contribution is 2.25. The van der Waals surface area contributed by atoms with Gasteiger partial charge in [-0.05, 0) is 50.2 Å². The molecule has 10 heteroatoms. The molecule has 2 aromatic rings. The molecule has 2 saturated heterocycles. The lowest BCUT2D eigenvalue weighted by Crippen LogP contribution is -2.35. The zero-order chi connectivity index (χ0) is 20.2. The number of hydrogen-bond acceptors (Lipinski definition) is 6. The van der Waals surface area contributed by atoms with E-state index in [4.69, 9.17) is 11.6 Å². The summed E-state index contributed by atoms with van der Waals surface area (Å²) >= 11 is 7.35. The van der Waals surface area contributed by atoms with Crippen LogP contribution in [0.3, 0.4) is 0 Å². The van der Waals surface area contributed by atoms with Crippen LogP contribution >= 0.6 is 23.4 Å². The maximum atomic E-state index is 12.4. The Labute approximate surface area is 178 Å². The number of hydrogen-bond donors (Lipinski definition) is 1.